The van der Waals surface area contributed by atoms with Crippen LogP contribution in [0.1, 0.15) is 19.8 Å². The molecule has 4 rings (SSSR count). The molecule has 2 heterocycles. The largest absolute Gasteiger partial charge is 0.419 e. The monoisotopic (exact) mass is 434 g/mol. The van der Waals surface area contributed by atoms with E-state index in [1.807, 2.05) is 4.90 Å². The zero-order valence-electron chi connectivity index (χ0n) is 15.8. The number of hydrogen-bond donors (Lipinski definition) is 0. The van der Waals surface area contributed by atoms with E-state index in [1.165, 1.54) is 48.5 Å². The first-order chi connectivity index (χ1) is 13.8. The van der Waals surface area contributed by atoms with Crippen LogP contribution in [-0.4, -0.2) is 26.5 Å². The van der Waals surface area contributed by atoms with E-state index in [0.29, 0.717) is 29.6 Å². The summed E-state index contributed by atoms with van der Waals surface area (Å²) >= 11 is 5.90. The van der Waals surface area contributed by atoms with Gasteiger partial charge in [0.1, 0.15) is 5.82 Å². The molecular formula is C21H20ClFN2O3S. The predicted octanol–water partition coefficient (Wildman–Crippen LogP) is 5.20. The Morgan fingerprint density at radius 2 is 1.69 bits per heavy atom. The van der Waals surface area contributed by atoms with Gasteiger partial charge in [0.05, 0.1) is 4.90 Å². The minimum Gasteiger partial charge on any atom is -0.419 e. The van der Waals surface area contributed by atoms with Crippen molar-refractivity contribution in [2.24, 2.45) is 5.92 Å². The lowest BCUT2D eigenvalue weighted by Crippen LogP contribution is -2.33. The number of hydrogen-bond acceptors (Lipinski definition) is 5. The molecule has 1 aromatic heterocycles. The smallest absolute Gasteiger partial charge is 0.236 e. The molecule has 0 saturated carbocycles. The molecule has 0 bridgehead atoms. The first-order valence-electron chi connectivity index (χ1n) is 9.37. The van der Waals surface area contributed by atoms with E-state index < -0.39 is 9.84 Å². The third kappa shape index (κ3) is 4.02. The second-order valence-corrected chi connectivity index (χ2v) is 9.56. The quantitative estimate of drug-likeness (QED) is 0.564. The first-order valence-corrected chi connectivity index (χ1v) is 11.2. The highest BCUT2D eigenvalue weighted by atomic mass is 35.5. The van der Waals surface area contributed by atoms with E-state index in [2.05, 4.69) is 11.9 Å². The van der Waals surface area contributed by atoms with Gasteiger partial charge in [-0.1, -0.05) is 18.5 Å². The van der Waals surface area contributed by atoms with Crippen LogP contribution >= 0.6 is 11.6 Å². The van der Waals surface area contributed by atoms with Crippen LogP contribution in [0.2, 0.25) is 5.02 Å². The topological polar surface area (TPSA) is 63.4 Å². The molecule has 3 aromatic rings. The van der Waals surface area contributed by atoms with Crippen LogP contribution in [-0.2, 0) is 9.84 Å². The lowest BCUT2D eigenvalue weighted by Gasteiger charge is -2.30. The third-order valence-corrected chi connectivity index (χ3v) is 7.04. The van der Waals surface area contributed by atoms with E-state index in [-0.39, 0.29) is 27.5 Å². The molecule has 1 saturated heterocycles. The van der Waals surface area contributed by atoms with Crippen LogP contribution in [0.4, 0.5) is 10.3 Å². The number of aromatic nitrogens is 1. The van der Waals surface area contributed by atoms with E-state index >= 15 is 0 Å². The number of sulfone groups is 1. The number of benzene rings is 2. The fourth-order valence-corrected chi connectivity index (χ4v) is 4.77. The van der Waals surface area contributed by atoms with Gasteiger partial charge < -0.3 is 9.32 Å². The molecule has 1 fully saturated rings. The number of anilines is 1. The minimum atomic E-state index is -3.92. The Labute approximate surface area is 174 Å². The van der Waals surface area contributed by atoms with Gasteiger partial charge in [-0.15, -0.1) is 0 Å². The predicted molar refractivity (Wildman–Crippen MR) is 109 cm³/mol. The van der Waals surface area contributed by atoms with Crippen molar-refractivity contribution in [3.63, 3.8) is 0 Å². The summed E-state index contributed by atoms with van der Waals surface area (Å²) in [5.74, 6) is 0.555. The SMILES string of the molecule is CC1CCN(c2oc(-c3ccc(F)cc3)nc2S(=O)(=O)c2ccc(Cl)cc2)CC1. The molecule has 2 aromatic carbocycles. The van der Waals surface area contributed by atoms with E-state index in [4.69, 9.17) is 16.0 Å². The molecule has 0 atom stereocenters. The third-order valence-electron chi connectivity index (χ3n) is 5.12. The summed E-state index contributed by atoms with van der Waals surface area (Å²) in [5, 5.41) is 0.315. The van der Waals surface area contributed by atoms with Crippen molar-refractivity contribution in [3.8, 4) is 11.5 Å². The van der Waals surface area contributed by atoms with Crippen molar-refractivity contribution < 1.29 is 17.2 Å². The highest BCUT2D eigenvalue weighted by Gasteiger charge is 2.32. The molecular weight excluding hydrogens is 415 g/mol. The molecule has 0 radical (unpaired) electrons. The molecule has 5 nitrogen and oxygen atoms in total. The fraction of sp³-hybridized carbons (Fsp3) is 0.286. The normalized spacial score (nSPS) is 15.6. The van der Waals surface area contributed by atoms with Crippen molar-refractivity contribution in [2.45, 2.75) is 29.7 Å². The zero-order chi connectivity index (χ0) is 20.6. The van der Waals surface area contributed by atoms with Gasteiger partial charge in [-0.25, -0.2) is 12.8 Å². The van der Waals surface area contributed by atoms with Crippen LogP contribution < -0.4 is 4.90 Å². The van der Waals surface area contributed by atoms with Crippen LogP contribution in [0.25, 0.3) is 11.5 Å². The number of halogens is 2. The number of rotatable bonds is 4. The summed E-state index contributed by atoms with van der Waals surface area (Å²) in [7, 11) is -3.92. The Balaban J connectivity index is 1.82. The molecule has 1 aliphatic rings. The molecule has 0 amide bonds. The van der Waals surface area contributed by atoms with Gasteiger partial charge in [-0.05, 0) is 67.3 Å². The van der Waals surface area contributed by atoms with Crippen LogP contribution in [0.3, 0.4) is 0 Å². The Morgan fingerprint density at radius 3 is 2.31 bits per heavy atom. The molecule has 0 unspecified atom stereocenters. The lowest BCUT2D eigenvalue weighted by molar-refractivity contribution is 0.415. The maximum atomic E-state index is 13.3. The van der Waals surface area contributed by atoms with Crippen molar-refractivity contribution >= 4 is 27.3 Å². The summed E-state index contributed by atoms with van der Waals surface area (Å²) in [4.78, 5) is 6.33. The van der Waals surface area contributed by atoms with E-state index in [0.717, 1.165) is 12.8 Å². The van der Waals surface area contributed by atoms with Gasteiger partial charge in [0.15, 0.2) is 0 Å². The second-order valence-electron chi connectivity index (χ2n) is 7.26. The van der Waals surface area contributed by atoms with Gasteiger partial charge >= 0.3 is 0 Å². The zero-order valence-corrected chi connectivity index (χ0v) is 17.4. The molecule has 152 valence electrons. The Hall–Kier alpha value is -2.38. The summed E-state index contributed by atoms with van der Waals surface area (Å²) < 4.78 is 45.9. The second kappa shape index (κ2) is 7.80. The van der Waals surface area contributed by atoms with Gasteiger partial charge in [0.2, 0.25) is 26.6 Å². The summed E-state index contributed by atoms with van der Waals surface area (Å²) in [6.45, 7) is 3.54. The number of piperidine rings is 1. The van der Waals surface area contributed by atoms with Gasteiger partial charge in [-0.2, -0.15) is 4.98 Å². The average Bonchev–Trinajstić information content (AvgIpc) is 3.16. The molecule has 0 spiro atoms. The summed E-state index contributed by atoms with van der Waals surface area (Å²) in [6.07, 6.45) is 1.88. The van der Waals surface area contributed by atoms with Crippen LogP contribution in [0.15, 0.2) is 62.9 Å². The van der Waals surface area contributed by atoms with Gasteiger partial charge in [0.25, 0.3) is 0 Å². The van der Waals surface area contributed by atoms with Crippen molar-refractivity contribution in [3.05, 3.63) is 59.4 Å². The highest BCUT2D eigenvalue weighted by Crippen LogP contribution is 2.36. The number of oxazole rings is 1. The van der Waals surface area contributed by atoms with Crippen LogP contribution in [0, 0.1) is 11.7 Å². The van der Waals surface area contributed by atoms with Crippen molar-refractivity contribution in [1.82, 2.24) is 4.98 Å². The number of nitrogens with zero attached hydrogens (tertiary/aromatic N) is 2. The van der Waals surface area contributed by atoms with E-state index in [9.17, 15) is 12.8 Å². The van der Waals surface area contributed by atoms with Crippen LogP contribution in [0.5, 0.6) is 0 Å². The summed E-state index contributed by atoms with van der Waals surface area (Å²) in [6, 6.07) is 11.6. The molecule has 1 aliphatic heterocycles. The molecule has 0 N–H and O–H groups in total. The van der Waals surface area contributed by atoms with Crippen molar-refractivity contribution in [1.29, 1.82) is 0 Å². The lowest BCUT2D eigenvalue weighted by atomic mass is 9.99. The highest BCUT2D eigenvalue weighted by molar-refractivity contribution is 7.91. The maximum absolute atomic E-state index is 13.3. The maximum Gasteiger partial charge on any atom is 0.236 e. The molecule has 8 heteroatoms. The minimum absolute atomic E-state index is 0.0903. The van der Waals surface area contributed by atoms with Gasteiger partial charge in [0, 0.05) is 23.7 Å². The Kier molecular flexibility index (Phi) is 5.36. The fourth-order valence-electron chi connectivity index (χ4n) is 3.33. The van der Waals surface area contributed by atoms with Crippen molar-refractivity contribution in [2.75, 3.05) is 18.0 Å². The average molecular weight is 435 g/mol. The standard InChI is InChI=1S/C21H20ClFN2O3S/c1-14-10-12-25(13-11-14)21-20(29(26,27)18-8-4-16(22)5-9-18)24-19(28-21)15-2-6-17(23)7-3-15/h2-9,14H,10-13H2,1H3. The molecule has 29 heavy (non-hydrogen) atoms. The van der Waals surface area contributed by atoms with E-state index in [1.54, 1.807) is 0 Å². The molecule has 0 aliphatic carbocycles. The Morgan fingerprint density at radius 1 is 1.07 bits per heavy atom. The van der Waals surface area contributed by atoms with Gasteiger partial charge in [-0.3, -0.25) is 0 Å². The summed E-state index contributed by atoms with van der Waals surface area (Å²) in [5.41, 5.74) is 0.510. The first kappa shape index (κ1) is 19.9. The Bertz CT molecular complexity index is 1100.